The van der Waals surface area contributed by atoms with Crippen molar-refractivity contribution in [1.82, 2.24) is 20.3 Å². The average molecular weight is 398 g/mol. The van der Waals surface area contributed by atoms with Gasteiger partial charge in [0.25, 0.3) is 0 Å². The molecule has 2 aliphatic rings. The maximum absolute atomic E-state index is 9.10. The van der Waals surface area contributed by atoms with Crippen LogP contribution >= 0.6 is 11.6 Å². The Morgan fingerprint density at radius 2 is 2.00 bits per heavy atom. The van der Waals surface area contributed by atoms with Gasteiger partial charge in [0.2, 0.25) is 0 Å². The Balaban J connectivity index is 1.80. The number of pyridine rings is 1. The number of nitrogens with one attached hydrogen (secondary N) is 1. The SMILES string of the molecule is C[C@@H]1CN(c2ncnc3c2C(C)(C)CN3c2cnc(C#N)c(Cl)c2)[C@@H](C)CN1. The lowest BCUT2D eigenvalue weighted by Gasteiger charge is -2.40. The summed E-state index contributed by atoms with van der Waals surface area (Å²) in [5, 5.41) is 13.0. The molecule has 0 spiro atoms. The average Bonchev–Trinajstić information content (AvgIpc) is 2.95. The lowest BCUT2D eigenvalue weighted by atomic mass is 9.87. The van der Waals surface area contributed by atoms with Gasteiger partial charge in [0, 0.05) is 42.7 Å². The van der Waals surface area contributed by atoms with Crippen LogP contribution < -0.4 is 15.1 Å². The van der Waals surface area contributed by atoms with Crippen molar-refractivity contribution in [2.75, 3.05) is 29.4 Å². The molecule has 0 aliphatic carbocycles. The molecular weight excluding hydrogens is 374 g/mol. The van der Waals surface area contributed by atoms with E-state index in [1.807, 2.05) is 6.07 Å². The van der Waals surface area contributed by atoms with E-state index in [1.165, 1.54) is 0 Å². The molecule has 0 saturated carbocycles. The van der Waals surface area contributed by atoms with Crippen LogP contribution in [0, 0.1) is 11.3 Å². The molecule has 2 aliphatic heterocycles. The standard InChI is InChI=1S/C20H24ClN7/c1-12-9-27(13(2)7-23-12)18-17-19(26-11-25-18)28(10-20(17,3)4)14-5-15(21)16(6-22)24-8-14/h5,8,11-13,23H,7,9-10H2,1-4H3/t12-,13+/m1/s1. The van der Waals surface area contributed by atoms with Gasteiger partial charge in [0.15, 0.2) is 5.69 Å². The van der Waals surface area contributed by atoms with Gasteiger partial charge in [-0.15, -0.1) is 0 Å². The number of hydrogen-bond donors (Lipinski definition) is 1. The smallest absolute Gasteiger partial charge is 0.159 e. The van der Waals surface area contributed by atoms with Gasteiger partial charge in [-0.3, -0.25) is 0 Å². The lowest BCUT2D eigenvalue weighted by Crippen LogP contribution is -2.55. The highest BCUT2D eigenvalue weighted by atomic mass is 35.5. The van der Waals surface area contributed by atoms with Crippen molar-refractivity contribution >= 4 is 28.9 Å². The highest BCUT2D eigenvalue weighted by Gasteiger charge is 2.42. The van der Waals surface area contributed by atoms with E-state index in [-0.39, 0.29) is 11.1 Å². The number of rotatable bonds is 2. The normalized spacial score (nSPS) is 23.4. The highest BCUT2D eigenvalue weighted by molar-refractivity contribution is 6.31. The van der Waals surface area contributed by atoms with Gasteiger partial charge >= 0.3 is 0 Å². The molecule has 4 heterocycles. The molecule has 1 fully saturated rings. The number of anilines is 3. The van der Waals surface area contributed by atoms with E-state index in [0.29, 0.717) is 17.1 Å². The van der Waals surface area contributed by atoms with Crippen LogP contribution in [0.15, 0.2) is 18.6 Å². The van der Waals surface area contributed by atoms with E-state index >= 15 is 0 Å². The van der Waals surface area contributed by atoms with Crippen molar-refractivity contribution in [1.29, 1.82) is 5.26 Å². The molecule has 0 bridgehead atoms. The number of hydrogen-bond acceptors (Lipinski definition) is 7. The summed E-state index contributed by atoms with van der Waals surface area (Å²) in [4.78, 5) is 18.0. The second-order valence-electron chi connectivity index (χ2n) is 8.31. The van der Waals surface area contributed by atoms with Crippen LogP contribution in [0.5, 0.6) is 0 Å². The van der Waals surface area contributed by atoms with E-state index in [2.05, 4.69) is 52.8 Å². The van der Waals surface area contributed by atoms with Crippen molar-refractivity contribution in [2.45, 2.75) is 45.2 Å². The van der Waals surface area contributed by atoms with Crippen molar-refractivity contribution in [3.05, 3.63) is 34.9 Å². The van der Waals surface area contributed by atoms with E-state index in [0.717, 1.165) is 42.5 Å². The largest absolute Gasteiger partial charge is 0.351 e. The summed E-state index contributed by atoms with van der Waals surface area (Å²) in [6.07, 6.45) is 3.33. The van der Waals surface area contributed by atoms with E-state index in [1.54, 1.807) is 18.6 Å². The van der Waals surface area contributed by atoms with Gasteiger partial charge in [0.05, 0.1) is 16.9 Å². The molecule has 2 aromatic rings. The molecular formula is C20H24ClN7. The minimum atomic E-state index is -0.139. The van der Waals surface area contributed by atoms with Crippen LogP contribution in [0.4, 0.5) is 17.3 Å². The molecule has 0 radical (unpaired) electrons. The van der Waals surface area contributed by atoms with Crippen molar-refractivity contribution in [3.63, 3.8) is 0 Å². The maximum Gasteiger partial charge on any atom is 0.159 e. The first kappa shape index (κ1) is 18.9. The summed E-state index contributed by atoms with van der Waals surface area (Å²) in [5.41, 5.74) is 2.08. The molecule has 0 aromatic carbocycles. The van der Waals surface area contributed by atoms with Crippen molar-refractivity contribution < 1.29 is 0 Å². The first-order chi connectivity index (χ1) is 13.3. The predicted molar refractivity (Wildman–Crippen MR) is 110 cm³/mol. The molecule has 2 aromatic heterocycles. The maximum atomic E-state index is 9.10. The third kappa shape index (κ3) is 3.07. The van der Waals surface area contributed by atoms with Gasteiger partial charge < -0.3 is 15.1 Å². The first-order valence-electron chi connectivity index (χ1n) is 9.50. The molecule has 1 N–H and O–H groups in total. The van der Waals surface area contributed by atoms with Gasteiger partial charge in [-0.1, -0.05) is 25.4 Å². The number of piperazine rings is 1. The Morgan fingerprint density at radius 3 is 2.71 bits per heavy atom. The number of halogens is 1. The van der Waals surface area contributed by atoms with Crippen LogP contribution in [0.3, 0.4) is 0 Å². The highest BCUT2D eigenvalue weighted by Crippen LogP contribution is 2.47. The Labute approximate surface area is 170 Å². The second-order valence-corrected chi connectivity index (χ2v) is 8.72. The summed E-state index contributed by atoms with van der Waals surface area (Å²) in [6, 6.07) is 4.56. The molecule has 2 atom stereocenters. The van der Waals surface area contributed by atoms with Crippen LogP contribution in [0.2, 0.25) is 5.02 Å². The minimum absolute atomic E-state index is 0.139. The molecule has 7 nitrogen and oxygen atoms in total. The first-order valence-corrected chi connectivity index (χ1v) is 9.88. The zero-order valence-corrected chi connectivity index (χ0v) is 17.3. The van der Waals surface area contributed by atoms with E-state index in [4.69, 9.17) is 21.8 Å². The second kappa shape index (κ2) is 6.87. The van der Waals surface area contributed by atoms with Gasteiger partial charge in [-0.05, 0) is 19.9 Å². The van der Waals surface area contributed by atoms with Crippen LogP contribution in [-0.2, 0) is 5.41 Å². The molecule has 28 heavy (non-hydrogen) atoms. The summed E-state index contributed by atoms with van der Waals surface area (Å²) >= 11 is 6.23. The van der Waals surface area contributed by atoms with Crippen LogP contribution in [0.1, 0.15) is 39.0 Å². The Kier molecular flexibility index (Phi) is 4.64. The molecule has 1 saturated heterocycles. The number of fused-ring (bicyclic) bond motifs is 1. The molecule has 0 amide bonds. The van der Waals surface area contributed by atoms with Crippen LogP contribution in [0.25, 0.3) is 0 Å². The Bertz CT molecular complexity index is 952. The molecule has 4 rings (SSSR count). The van der Waals surface area contributed by atoms with E-state index < -0.39 is 0 Å². The fourth-order valence-electron chi connectivity index (χ4n) is 4.13. The lowest BCUT2D eigenvalue weighted by molar-refractivity contribution is 0.419. The molecule has 0 unspecified atom stereocenters. The topological polar surface area (TPSA) is 81.0 Å². The zero-order chi connectivity index (χ0) is 20.1. The number of nitriles is 1. The monoisotopic (exact) mass is 397 g/mol. The van der Waals surface area contributed by atoms with Gasteiger partial charge in [-0.25, -0.2) is 15.0 Å². The zero-order valence-electron chi connectivity index (χ0n) is 16.6. The quantitative estimate of drug-likeness (QED) is 0.834. The van der Waals surface area contributed by atoms with E-state index in [9.17, 15) is 0 Å². The number of nitrogens with zero attached hydrogens (tertiary/aromatic N) is 6. The predicted octanol–water partition coefficient (Wildman–Crippen LogP) is 3.01. The Morgan fingerprint density at radius 1 is 1.25 bits per heavy atom. The fourth-order valence-corrected chi connectivity index (χ4v) is 4.34. The molecule has 146 valence electrons. The summed E-state index contributed by atoms with van der Waals surface area (Å²) in [6.45, 7) is 11.4. The third-order valence-electron chi connectivity index (χ3n) is 5.57. The molecule has 8 heteroatoms. The number of aromatic nitrogens is 3. The minimum Gasteiger partial charge on any atom is -0.351 e. The Hall–Kier alpha value is -2.43. The van der Waals surface area contributed by atoms with Crippen molar-refractivity contribution in [2.24, 2.45) is 0 Å². The van der Waals surface area contributed by atoms with Gasteiger partial charge in [-0.2, -0.15) is 5.26 Å². The van der Waals surface area contributed by atoms with Gasteiger partial charge in [0.1, 0.15) is 24.0 Å². The summed E-state index contributed by atoms with van der Waals surface area (Å²) in [5.74, 6) is 1.89. The summed E-state index contributed by atoms with van der Waals surface area (Å²) < 4.78 is 0. The summed E-state index contributed by atoms with van der Waals surface area (Å²) in [7, 11) is 0. The van der Waals surface area contributed by atoms with Crippen LogP contribution in [-0.4, -0.2) is 46.7 Å². The third-order valence-corrected chi connectivity index (χ3v) is 5.86. The fraction of sp³-hybridized carbons (Fsp3) is 0.500. The van der Waals surface area contributed by atoms with Crippen molar-refractivity contribution in [3.8, 4) is 6.07 Å².